The van der Waals surface area contributed by atoms with Gasteiger partial charge in [-0.2, -0.15) is 8.78 Å². The maximum Gasteiger partial charge on any atom is 0.387 e. The van der Waals surface area contributed by atoms with Crippen LogP contribution in [-0.4, -0.2) is 24.9 Å². The van der Waals surface area contributed by atoms with Gasteiger partial charge in [-0.05, 0) is 24.6 Å². The van der Waals surface area contributed by atoms with Gasteiger partial charge in [0.25, 0.3) is 0 Å². The lowest BCUT2D eigenvalue weighted by Crippen LogP contribution is -2.34. The zero-order chi connectivity index (χ0) is 17.5. The van der Waals surface area contributed by atoms with Gasteiger partial charge in [0.05, 0.1) is 19.3 Å². The highest BCUT2D eigenvalue weighted by Crippen LogP contribution is 2.29. The van der Waals surface area contributed by atoms with Crippen LogP contribution in [-0.2, 0) is 13.1 Å². The van der Waals surface area contributed by atoms with E-state index in [0.717, 1.165) is 5.69 Å². The van der Waals surface area contributed by atoms with Gasteiger partial charge in [-0.3, -0.25) is 0 Å². The van der Waals surface area contributed by atoms with Crippen molar-refractivity contribution in [1.29, 1.82) is 0 Å². The molecule has 9 heteroatoms. The second-order valence-electron chi connectivity index (χ2n) is 4.83. The molecule has 0 radical (unpaired) electrons. The molecule has 2 amide bonds. The maximum atomic E-state index is 12.3. The van der Waals surface area contributed by atoms with E-state index in [1.165, 1.54) is 19.2 Å². The molecule has 0 unspecified atom stereocenters. The lowest BCUT2D eigenvalue weighted by molar-refractivity contribution is -0.0512. The van der Waals surface area contributed by atoms with E-state index in [0.29, 0.717) is 11.3 Å². The Kier molecular flexibility index (Phi) is 5.94. The first kappa shape index (κ1) is 17.5. The minimum Gasteiger partial charge on any atom is -0.493 e. The first-order valence-electron chi connectivity index (χ1n) is 7.03. The number of halogens is 2. The standard InChI is InChI=1S/C15H17F2N3O4/c1-9-5-11(24-20-9)8-19-15(21)18-7-10-3-4-12(23-14(16)17)13(6-10)22-2/h3-6,14H,7-8H2,1-2H3,(H2,18,19,21). The van der Waals surface area contributed by atoms with Crippen LogP contribution >= 0.6 is 0 Å². The molecule has 2 aromatic rings. The summed E-state index contributed by atoms with van der Waals surface area (Å²) in [6, 6.07) is 5.73. The molecule has 1 heterocycles. The Hall–Kier alpha value is -2.84. The van der Waals surface area contributed by atoms with Gasteiger partial charge in [0.2, 0.25) is 0 Å². The number of ether oxygens (including phenoxy) is 2. The van der Waals surface area contributed by atoms with Crippen LogP contribution in [0.2, 0.25) is 0 Å². The number of nitrogens with one attached hydrogen (secondary N) is 2. The van der Waals surface area contributed by atoms with Crippen LogP contribution in [0.1, 0.15) is 17.0 Å². The van der Waals surface area contributed by atoms with Crippen LogP contribution in [0.25, 0.3) is 0 Å². The van der Waals surface area contributed by atoms with Crippen LogP contribution in [0.3, 0.4) is 0 Å². The van der Waals surface area contributed by atoms with Crippen LogP contribution in [0, 0.1) is 6.92 Å². The van der Waals surface area contributed by atoms with Gasteiger partial charge in [0.1, 0.15) is 0 Å². The Morgan fingerprint density at radius 2 is 2.00 bits per heavy atom. The number of aromatic nitrogens is 1. The molecule has 0 aliphatic heterocycles. The smallest absolute Gasteiger partial charge is 0.387 e. The summed E-state index contributed by atoms with van der Waals surface area (Å²) >= 11 is 0. The molecular formula is C15H17F2N3O4. The Labute approximate surface area is 136 Å². The first-order chi connectivity index (χ1) is 11.5. The molecular weight excluding hydrogens is 324 g/mol. The number of hydrogen-bond donors (Lipinski definition) is 2. The van der Waals surface area contributed by atoms with Crippen molar-refractivity contribution in [3.05, 3.63) is 41.3 Å². The van der Waals surface area contributed by atoms with E-state index >= 15 is 0 Å². The Morgan fingerprint density at radius 1 is 1.25 bits per heavy atom. The van der Waals surface area contributed by atoms with Crippen molar-refractivity contribution in [3.8, 4) is 11.5 Å². The topological polar surface area (TPSA) is 85.6 Å². The monoisotopic (exact) mass is 341 g/mol. The number of amides is 2. The quantitative estimate of drug-likeness (QED) is 0.808. The van der Waals surface area contributed by atoms with Crippen molar-refractivity contribution in [1.82, 2.24) is 15.8 Å². The summed E-state index contributed by atoms with van der Waals surface area (Å²) in [5.74, 6) is 0.631. The summed E-state index contributed by atoms with van der Waals surface area (Å²) in [6.07, 6.45) is 0. The number of nitrogens with zero attached hydrogens (tertiary/aromatic N) is 1. The molecule has 0 aliphatic rings. The van der Waals surface area contributed by atoms with Crippen molar-refractivity contribution in [2.24, 2.45) is 0 Å². The number of carbonyl (C=O) groups is 1. The van der Waals surface area contributed by atoms with Gasteiger partial charge in [-0.1, -0.05) is 11.2 Å². The van der Waals surface area contributed by atoms with E-state index in [9.17, 15) is 13.6 Å². The molecule has 0 aliphatic carbocycles. The van der Waals surface area contributed by atoms with E-state index in [-0.39, 0.29) is 24.6 Å². The highest BCUT2D eigenvalue weighted by Gasteiger charge is 2.11. The summed E-state index contributed by atoms with van der Waals surface area (Å²) in [6.45, 7) is -0.764. The zero-order valence-electron chi connectivity index (χ0n) is 13.1. The number of alkyl halides is 2. The molecule has 0 fully saturated rings. The summed E-state index contributed by atoms with van der Waals surface area (Å²) in [7, 11) is 1.34. The molecule has 2 rings (SSSR count). The lowest BCUT2D eigenvalue weighted by atomic mass is 10.2. The summed E-state index contributed by atoms with van der Waals surface area (Å²) in [5, 5.41) is 8.95. The molecule has 24 heavy (non-hydrogen) atoms. The van der Waals surface area contributed by atoms with Gasteiger partial charge < -0.3 is 24.6 Å². The molecule has 1 aromatic heterocycles. The first-order valence-corrected chi connectivity index (χ1v) is 7.03. The van der Waals surface area contributed by atoms with Crippen molar-refractivity contribution >= 4 is 6.03 Å². The highest BCUT2D eigenvalue weighted by molar-refractivity contribution is 5.73. The molecule has 0 saturated carbocycles. The van der Waals surface area contributed by atoms with E-state index in [1.54, 1.807) is 19.1 Å². The minimum absolute atomic E-state index is 0.0682. The fourth-order valence-electron chi connectivity index (χ4n) is 1.93. The highest BCUT2D eigenvalue weighted by atomic mass is 19.3. The normalized spacial score (nSPS) is 10.5. The van der Waals surface area contributed by atoms with Crippen molar-refractivity contribution in [2.45, 2.75) is 26.6 Å². The van der Waals surface area contributed by atoms with Crippen LogP contribution in [0.15, 0.2) is 28.8 Å². The number of aryl methyl sites for hydroxylation is 1. The predicted octanol–water partition coefficient (Wildman–Crippen LogP) is 2.59. The number of benzene rings is 1. The predicted molar refractivity (Wildman–Crippen MR) is 79.9 cm³/mol. The summed E-state index contributed by atoms with van der Waals surface area (Å²) in [5.41, 5.74) is 1.39. The molecule has 1 aromatic carbocycles. The zero-order valence-corrected chi connectivity index (χ0v) is 13.1. The number of rotatable bonds is 7. The minimum atomic E-state index is -2.94. The van der Waals surface area contributed by atoms with Crippen molar-refractivity contribution in [3.63, 3.8) is 0 Å². The molecule has 2 N–H and O–H groups in total. The third-order valence-electron chi connectivity index (χ3n) is 3.00. The number of hydrogen-bond acceptors (Lipinski definition) is 5. The Bertz CT molecular complexity index is 691. The van der Waals surface area contributed by atoms with Gasteiger partial charge in [-0.15, -0.1) is 0 Å². The van der Waals surface area contributed by atoms with Gasteiger partial charge in [0.15, 0.2) is 17.3 Å². The molecule has 0 saturated heterocycles. The summed E-state index contributed by atoms with van der Waals surface area (Å²) < 4.78 is 38.8. The van der Waals surface area contributed by atoms with Gasteiger partial charge in [-0.25, -0.2) is 4.79 Å². The SMILES string of the molecule is COc1cc(CNC(=O)NCc2cc(C)no2)ccc1OC(F)F. The van der Waals surface area contributed by atoms with E-state index < -0.39 is 12.6 Å². The number of urea groups is 1. The second kappa shape index (κ2) is 8.14. The van der Waals surface area contributed by atoms with E-state index in [1.807, 2.05) is 0 Å². The average Bonchev–Trinajstić information content (AvgIpc) is 2.97. The van der Waals surface area contributed by atoms with Crippen molar-refractivity contribution in [2.75, 3.05) is 7.11 Å². The summed E-state index contributed by atoms with van der Waals surface area (Å²) in [4.78, 5) is 11.7. The Morgan fingerprint density at radius 3 is 2.62 bits per heavy atom. The fraction of sp³-hybridized carbons (Fsp3) is 0.333. The third kappa shape index (κ3) is 5.11. The lowest BCUT2D eigenvalue weighted by Gasteiger charge is -2.12. The Balaban J connectivity index is 1.85. The number of methoxy groups -OCH3 is 1. The largest absolute Gasteiger partial charge is 0.493 e. The molecule has 7 nitrogen and oxygen atoms in total. The fourth-order valence-corrected chi connectivity index (χ4v) is 1.93. The van der Waals surface area contributed by atoms with E-state index in [4.69, 9.17) is 9.26 Å². The number of carbonyl (C=O) groups excluding carboxylic acids is 1. The molecule has 130 valence electrons. The average molecular weight is 341 g/mol. The van der Waals surface area contributed by atoms with Gasteiger partial charge >= 0.3 is 12.6 Å². The van der Waals surface area contributed by atoms with Gasteiger partial charge in [0, 0.05) is 12.6 Å². The molecule has 0 bridgehead atoms. The molecule has 0 spiro atoms. The molecule has 0 atom stereocenters. The van der Waals surface area contributed by atoms with Crippen molar-refractivity contribution < 1.29 is 27.6 Å². The third-order valence-corrected chi connectivity index (χ3v) is 3.00. The van der Waals surface area contributed by atoms with Crippen LogP contribution < -0.4 is 20.1 Å². The van der Waals surface area contributed by atoms with Crippen LogP contribution in [0.5, 0.6) is 11.5 Å². The van der Waals surface area contributed by atoms with Crippen LogP contribution in [0.4, 0.5) is 13.6 Å². The second-order valence-corrected chi connectivity index (χ2v) is 4.83. The maximum absolute atomic E-state index is 12.3. The van der Waals surface area contributed by atoms with E-state index in [2.05, 4.69) is 20.5 Å².